The van der Waals surface area contributed by atoms with Crippen molar-refractivity contribution < 1.29 is 9.59 Å². The van der Waals surface area contributed by atoms with E-state index in [2.05, 4.69) is 5.32 Å². The topological polar surface area (TPSA) is 49.4 Å². The first-order chi connectivity index (χ1) is 11.5. The third-order valence-corrected chi connectivity index (χ3v) is 4.49. The molecule has 0 aromatic heterocycles. The minimum absolute atomic E-state index is 0.00722. The van der Waals surface area contributed by atoms with Crippen molar-refractivity contribution in [3.63, 3.8) is 0 Å². The summed E-state index contributed by atoms with van der Waals surface area (Å²) >= 11 is 5.94. The van der Waals surface area contributed by atoms with Gasteiger partial charge in [0, 0.05) is 30.2 Å². The van der Waals surface area contributed by atoms with Crippen LogP contribution in [-0.4, -0.2) is 18.4 Å². The summed E-state index contributed by atoms with van der Waals surface area (Å²) in [5.74, 6) is -0.428. The summed E-state index contributed by atoms with van der Waals surface area (Å²) in [6.07, 6.45) is 0.246. The Morgan fingerprint density at radius 2 is 2.04 bits per heavy atom. The number of hydrogen-bond donors (Lipinski definition) is 1. The second kappa shape index (κ2) is 7.05. The van der Waals surface area contributed by atoms with Crippen LogP contribution in [0.15, 0.2) is 48.5 Å². The lowest BCUT2D eigenvalue weighted by Gasteiger charge is -2.19. The highest BCUT2D eigenvalue weighted by Crippen LogP contribution is 2.27. The minimum atomic E-state index is -0.323. The first-order valence-corrected chi connectivity index (χ1v) is 8.30. The lowest BCUT2D eigenvalue weighted by atomic mass is 10.1. The molecule has 0 unspecified atom stereocenters. The average molecular weight is 343 g/mol. The number of carbonyl (C=O) groups excluding carboxylic acids is 2. The van der Waals surface area contributed by atoms with Crippen LogP contribution in [0.1, 0.15) is 17.5 Å². The Labute approximate surface area is 146 Å². The maximum atomic E-state index is 12.4. The molecular weight excluding hydrogens is 324 g/mol. The molecule has 1 heterocycles. The molecule has 2 amide bonds. The molecule has 0 radical (unpaired) electrons. The van der Waals surface area contributed by atoms with Crippen molar-refractivity contribution in [2.24, 2.45) is 5.92 Å². The van der Waals surface area contributed by atoms with E-state index in [-0.39, 0.29) is 24.2 Å². The molecule has 1 atom stereocenters. The Hall–Kier alpha value is -2.33. The fourth-order valence-electron chi connectivity index (χ4n) is 2.96. The van der Waals surface area contributed by atoms with Crippen molar-refractivity contribution in [1.82, 2.24) is 5.32 Å². The Morgan fingerprint density at radius 1 is 1.25 bits per heavy atom. The van der Waals surface area contributed by atoms with E-state index in [0.29, 0.717) is 18.1 Å². The molecule has 0 aliphatic carbocycles. The van der Waals surface area contributed by atoms with Gasteiger partial charge >= 0.3 is 0 Å². The number of anilines is 1. The molecule has 1 N–H and O–H groups in total. The van der Waals surface area contributed by atoms with Crippen LogP contribution in [0.3, 0.4) is 0 Å². The van der Waals surface area contributed by atoms with Crippen LogP contribution in [0.5, 0.6) is 0 Å². The van der Waals surface area contributed by atoms with E-state index in [0.717, 1.165) is 16.8 Å². The van der Waals surface area contributed by atoms with Gasteiger partial charge in [0.15, 0.2) is 0 Å². The van der Waals surface area contributed by atoms with Crippen molar-refractivity contribution in [2.45, 2.75) is 19.9 Å². The zero-order valence-electron chi connectivity index (χ0n) is 13.5. The molecule has 1 aliphatic rings. The molecule has 0 spiro atoms. The highest BCUT2D eigenvalue weighted by atomic mass is 35.5. The number of amides is 2. The second-order valence-electron chi connectivity index (χ2n) is 6.04. The number of rotatable bonds is 4. The minimum Gasteiger partial charge on any atom is -0.352 e. The highest BCUT2D eigenvalue weighted by molar-refractivity contribution is 6.30. The molecule has 124 valence electrons. The maximum Gasteiger partial charge on any atom is 0.227 e. The van der Waals surface area contributed by atoms with E-state index in [4.69, 9.17) is 11.6 Å². The molecule has 5 heteroatoms. The summed E-state index contributed by atoms with van der Waals surface area (Å²) in [5.41, 5.74) is 2.86. The number of aryl methyl sites for hydroxylation is 1. The van der Waals surface area contributed by atoms with E-state index in [1.807, 2.05) is 49.4 Å². The number of halogens is 1. The predicted octanol–water partition coefficient (Wildman–Crippen LogP) is 3.32. The summed E-state index contributed by atoms with van der Waals surface area (Å²) in [4.78, 5) is 26.4. The van der Waals surface area contributed by atoms with Crippen LogP contribution in [-0.2, 0) is 16.1 Å². The van der Waals surface area contributed by atoms with Gasteiger partial charge in [0.1, 0.15) is 0 Å². The van der Waals surface area contributed by atoms with Gasteiger partial charge in [-0.3, -0.25) is 9.59 Å². The number of carbonyl (C=O) groups is 2. The van der Waals surface area contributed by atoms with Crippen LogP contribution in [0, 0.1) is 12.8 Å². The van der Waals surface area contributed by atoms with Crippen LogP contribution in [0.2, 0.25) is 5.02 Å². The molecule has 0 bridgehead atoms. The van der Waals surface area contributed by atoms with Gasteiger partial charge in [0.25, 0.3) is 0 Å². The SMILES string of the molecule is Cc1ccccc1N1C[C@@H](C(=O)NCc2cccc(Cl)c2)CC1=O. The largest absolute Gasteiger partial charge is 0.352 e. The smallest absolute Gasteiger partial charge is 0.227 e. The lowest BCUT2D eigenvalue weighted by Crippen LogP contribution is -2.32. The molecule has 2 aromatic carbocycles. The maximum absolute atomic E-state index is 12.4. The van der Waals surface area contributed by atoms with Gasteiger partial charge in [-0.1, -0.05) is 41.9 Å². The first kappa shape index (κ1) is 16.5. The highest BCUT2D eigenvalue weighted by Gasteiger charge is 2.35. The summed E-state index contributed by atoms with van der Waals surface area (Å²) in [7, 11) is 0. The monoisotopic (exact) mass is 342 g/mol. The van der Waals surface area contributed by atoms with Gasteiger partial charge in [-0.25, -0.2) is 0 Å². The van der Waals surface area contributed by atoms with E-state index in [1.54, 1.807) is 11.0 Å². The second-order valence-corrected chi connectivity index (χ2v) is 6.48. The van der Waals surface area contributed by atoms with Crippen molar-refractivity contribution in [2.75, 3.05) is 11.4 Å². The van der Waals surface area contributed by atoms with Crippen LogP contribution < -0.4 is 10.2 Å². The molecule has 24 heavy (non-hydrogen) atoms. The molecule has 1 saturated heterocycles. The van der Waals surface area contributed by atoms with E-state index >= 15 is 0 Å². The average Bonchev–Trinajstić information content (AvgIpc) is 2.95. The van der Waals surface area contributed by atoms with Gasteiger partial charge in [0.2, 0.25) is 11.8 Å². The fraction of sp³-hybridized carbons (Fsp3) is 0.263. The van der Waals surface area contributed by atoms with Gasteiger partial charge in [0.05, 0.1) is 5.92 Å². The van der Waals surface area contributed by atoms with Crippen molar-refractivity contribution in [3.8, 4) is 0 Å². The summed E-state index contributed by atoms with van der Waals surface area (Å²) in [6, 6.07) is 15.1. The lowest BCUT2D eigenvalue weighted by molar-refractivity contribution is -0.126. The Balaban J connectivity index is 1.63. The summed E-state index contributed by atoms with van der Waals surface area (Å²) in [6.45, 7) is 2.80. The van der Waals surface area contributed by atoms with Crippen molar-refractivity contribution >= 4 is 29.1 Å². The number of para-hydroxylation sites is 1. The molecular formula is C19H19ClN2O2. The Kier molecular flexibility index (Phi) is 4.86. The summed E-state index contributed by atoms with van der Waals surface area (Å²) < 4.78 is 0. The third kappa shape index (κ3) is 3.60. The quantitative estimate of drug-likeness (QED) is 0.926. The van der Waals surface area contributed by atoms with Crippen LogP contribution in [0.4, 0.5) is 5.69 Å². The van der Waals surface area contributed by atoms with Crippen LogP contribution >= 0.6 is 11.6 Å². The van der Waals surface area contributed by atoms with Gasteiger partial charge < -0.3 is 10.2 Å². The molecule has 4 nitrogen and oxygen atoms in total. The Morgan fingerprint density at radius 3 is 2.79 bits per heavy atom. The van der Waals surface area contributed by atoms with Crippen molar-refractivity contribution in [1.29, 1.82) is 0 Å². The number of nitrogens with zero attached hydrogens (tertiary/aromatic N) is 1. The van der Waals surface area contributed by atoms with E-state index < -0.39 is 0 Å². The first-order valence-electron chi connectivity index (χ1n) is 7.93. The fourth-order valence-corrected chi connectivity index (χ4v) is 3.18. The molecule has 3 rings (SSSR count). The number of hydrogen-bond acceptors (Lipinski definition) is 2. The third-order valence-electron chi connectivity index (χ3n) is 4.26. The van der Waals surface area contributed by atoms with Gasteiger partial charge in [-0.15, -0.1) is 0 Å². The zero-order valence-corrected chi connectivity index (χ0v) is 14.2. The summed E-state index contributed by atoms with van der Waals surface area (Å²) in [5, 5.41) is 3.54. The van der Waals surface area contributed by atoms with Crippen molar-refractivity contribution in [3.05, 3.63) is 64.7 Å². The molecule has 1 fully saturated rings. The standard InChI is InChI=1S/C19H19ClN2O2/c1-13-5-2-3-8-17(13)22-12-15(10-18(22)23)19(24)21-11-14-6-4-7-16(20)9-14/h2-9,15H,10-12H2,1H3,(H,21,24)/t15-/m0/s1. The normalized spacial score (nSPS) is 17.2. The van der Waals surface area contributed by atoms with Gasteiger partial charge in [-0.2, -0.15) is 0 Å². The Bertz CT molecular complexity index is 775. The molecule has 0 saturated carbocycles. The molecule has 2 aromatic rings. The number of nitrogens with one attached hydrogen (secondary N) is 1. The van der Waals surface area contributed by atoms with Crippen LogP contribution in [0.25, 0.3) is 0 Å². The number of benzene rings is 2. The zero-order chi connectivity index (χ0) is 17.1. The van der Waals surface area contributed by atoms with E-state index in [9.17, 15) is 9.59 Å². The predicted molar refractivity (Wildman–Crippen MR) is 94.9 cm³/mol. The van der Waals surface area contributed by atoms with Gasteiger partial charge in [-0.05, 0) is 36.2 Å². The van der Waals surface area contributed by atoms with E-state index in [1.165, 1.54) is 0 Å². The molecule has 1 aliphatic heterocycles.